The fourth-order valence-electron chi connectivity index (χ4n) is 1.25. The molecule has 0 unspecified atom stereocenters. The van der Waals surface area contributed by atoms with Gasteiger partial charge in [0.2, 0.25) is 17.2 Å². The average molecular weight is 268 g/mol. The van der Waals surface area contributed by atoms with E-state index < -0.39 is 0 Å². The van der Waals surface area contributed by atoms with Crippen LogP contribution in [0.15, 0.2) is 29.2 Å². The number of aromatic nitrogens is 3. The third-order valence-corrected chi connectivity index (χ3v) is 2.85. The van der Waals surface area contributed by atoms with Crippen LogP contribution in [-0.4, -0.2) is 21.2 Å². The van der Waals surface area contributed by atoms with Gasteiger partial charge in [-0.05, 0) is 36.1 Å². The molecule has 0 atom stereocenters. The molecule has 7 heteroatoms. The third kappa shape index (κ3) is 3.21. The Labute approximate surface area is 108 Å². The van der Waals surface area contributed by atoms with Gasteiger partial charge in [0.15, 0.2) is 0 Å². The maximum atomic E-state index is 5.69. The minimum atomic E-state index is 0.0704. The van der Waals surface area contributed by atoms with E-state index in [1.807, 2.05) is 30.5 Å². The predicted octanol–water partition coefficient (Wildman–Crippen LogP) is 2.57. The van der Waals surface area contributed by atoms with E-state index in [0.29, 0.717) is 5.95 Å². The van der Waals surface area contributed by atoms with Gasteiger partial charge in [-0.15, -0.1) is 11.8 Å². The van der Waals surface area contributed by atoms with Crippen molar-refractivity contribution in [3.63, 3.8) is 0 Å². The summed E-state index contributed by atoms with van der Waals surface area (Å²) in [6.45, 7) is 0. The first-order chi connectivity index (χ1) is 8.17. The van der Waals surface area contributed by atoms with E-state index in [2.05, 4.69) is 20.3 Å². The molecule has 0 saturated heterocycles. The molecule has 0 spiro atoms. The first-order valence-electron chi connectivity index (χ1n) is 4.75. The zero-order chi connectivity index (χ0) is 12.3. The molecule has 2 aromatic rings. The van der Waals surface area contributed by atoms with Gasteiger partial charge >= 0.3 is 0 Å². The number of nitrogens with zero attached hydrogens (tertiary/aromatic N) is 3. The Morgan fingerprint density at radius 3 is 2.82 bits per heavy atom. The molecule has 0 amide bonds. The summed E-state index contributed by atoms with van der Waals surface area (Å²) in [6, 6.07) is 7.86. The van der Waals surface area contributed by atoms with Crippen LogP contribution in [0.3, 0.4) is 0 Å². The van der Waals surface area contributed by atoms with E-state index in [1.54, 1.807) is 11.8 Å². The second-order valence-electron chi connectivity index (χ2n) is 3.14. The first-order valence-corrected chi connectivity index (χ1v) is 6.36. The largest absolute Gasteiger partial charge is 0.368 e. The highest BCUT2D eigenvalue weighted by molar-refractivity contribution is 7.98. The molecule has 0 saturated carbocycles. The SMILES string of the molecule is CSc1cccc(Nc2nc(N)nc(Cl)n2)c1. The Kier molecular flexibility index (Phi) is 3.65. The van der Waals surface area contributed by atoms with Crippen molar-refractivity contribution in [1.29, 1.82) is 0 Å². The van der Waals surface area contributed by atoms with Gasteiger partial charge in [-0.1, -0.05) is 6.07 Å². The highest BCUT2D eigenvalue weighted by Crippen LogP contribution is 2.21. The van der Waals surface area contributed by atoms with Crippen molar-refractivity contribution in [2.75, 3.05) is 17.3 Å². The number of anilines is 3. The number of benzene rings is 1. The summed E-state index contributed by atoms with van der Waals surface area (Å²) in [5.74, 6) is 0.425. The predicted molar refractivity (Wildman–Crippen MR) is 70.8 cm³/mol. The standard InChI is InChI=1S/C10H10ClN5S/c1-17-7-4-2-3-6(5-7)13-10-15-8(11)14-9(12)16-10/h2-5H,1H3,(H3,12,13,14,15,16). The quantitative estimate of drug-likeness (QED) is 0.833. The summed E-state index contributed by atoms with van der Waals surface area (Å²) in [5, 5.41) is 3.09. The first kappa shape index (κ1) is 11.9. The van der Waals surface area contributed by atoms with Crippen molar-refractivity contribution in [1.82, 2.24) is 15.0 Å². The molecule has 1 heterocycles. The second-order valence-corrected chi connectivity index (χ2v) is 4.36. The molecule has 5 nitrogen and oxygen atoms in total. The second kappa shape index (κ2) is 5.20. The average Bonchev–Trinajstić information content (AvgIpc) is 2.28. The number of hydrogen-bond donors (Lipinski definition) is 2. The lowest BCUT2D eigenvalue weighted by atomic mass is 10.3. The van der Waals surface area contributed by atoms with E-state index in [0.717, 1.165) is 10.6 Å². The number of halogens is 1. The molecule has 88 valence electrons. The topological polar surface area (TPSA) is 76.7 Å². The van der Waals surface area contributed by atoms with Crippen molar-refractivity contribution in [2.45, 2.75) is 4.90 Å². The van der Waals surface area contributed by atoms with Crippen LogP contribution in [0.5, 0.6) is 0 Å². The van der Waals surface area contributed by atoms with E-state index >= 15 is 0 Å². The summed E-state index contributed by atoms with van der Waals surface area (Å²) in [7, 11) is 0. The zero-order valence-corrected chi connectivity index (χ0v) is 10.6. The van der Waals surface area contributed by atoms with Crippen molar-refractivity contribution in [3.8, 4) is 0 Å². The Bertz CT molecular complexity index is 514. The van der Waals surface area contributed by atoms with Crippen LogP contribution in [0, 0.1) is 0 Å². The van der Waals surface area contributed by atoms with Gasteiger partial charge in [0.25, 0.3) is 0 Å². The Morgan fingerprint density at radius 2 is 2.12 bits per heavy atom. The molecule has 0 radical (unpaired) electrons. The molecular formula is C10H10ClN5S. The van der Waals surface area contributed by atoms with Crippen LogP contribution in [0.25, 0.3) is 0 Å². The molecular weight excluding hydrogens is 258 g/mol. The van der Waals surface area contributed by atoms with E-state index in [9.17, 15) is 0 Å². The molecule has 1 aromatic heterocycles. The van der Waals surface area contributed by atoms with Crippen LogP contribution in [-0.2, 0) is 0 Å². The zero-order valence-electron chi connectivity index (χ0n) is 9.01. The molecule has 0 aliphatic carbocycles. The Hall–Kier alpha value is -1.53. The summed E-state index contributed by atoms with van der Waals surface area (Å²) < 4.78 is 0. The van der Waals surface area contributed by atoms with Crippen LogP contribution in [0.1, 0.15) is 0 Å². The number of thioether (sulfide) groups is 1. The van der Waals surface area contributed by atoms with Crippen molar-refractivity contribution < 1.29 is 0 Å². The minimum absolute atomic E-state index is 0.0704. The van der Waals surface area contributed by atoms with Crippen molar-refractivity contribution >= 4 is 40.9 Å². The lowest BCUT2D eigenvalue weighted by Crippen LogP contribution is -2.03. The number of nitrogens with two attached hydrogens (primary N) is 1. The van der Waals surface area contributed by atoms with Gasteiger partial charge < -0.3 is 11.1 Å². The molecule has 0 aliphatic heterocycles. The van der Waals surface area contributed by atoms with Gasteiger partial charge in [-0.25, -0.2) is 0 Å². The maximum absolute atomic E-state index is 5.69. The fraction of sp³-hybridized carbons (Fsp3) is 0.100. The van der Waals surface area contributed by atoms with E-state index in [-0.39, 0.29) is 11.2 Å². The highest BCUT2D eigenvalue weighted by Gasteiger charge is 2.03. The van der Waals surface area contributed by atoms with Crippen LogP contribution in [0.2, 0.25) is 5.28 Å². The van der Waals surface area contributed by atoms with Crippen LogP contribution < -0.4 is 11.1 Å². The van der Waals surface area contributed by atoms with Gasteiger partial charge in [0.05, 0.1) is 0 Å². The van der Waals surface area contributed by atoms with E-state index in [4.69, 9.17) is 17.3 Å². The Morgan fingerprint density at radius 1 is 1.29 bits per heavy atom. The molecule has 0 aliphatic rings. The number of hydrogen-bond acceptors (Lipinski definition) is 6. The summed E-state index contributed by atoms with van der Waals surface area (Å²) in [4.78, 5) is 12.7. The summed E-state index contributed by atoms with van der Waals surface area (Å²) >= 11 is 7.34. The normalized spacial score (nSPS) is 10.2. The molecule has 1 aromatic carbocycles. The Balaban J connectivity index is 2.24. The van der Waals surface area contributed by atoms with Gasteiger partial charge in [0, 0.05) is 10.6 Å². The van der Waals surface area contributed by atoms with Gasteiger partial charge in [0.1, 0.15) is 0 Å². The number of rotatable bonds is 3. The fourth-order valence-corrected chi connectivity index (χ4v) is 1.88. The highest BCUT2D eigenvalue weighted by atomic mass is 35.5. The summed E-state index contributed by atoms with van der Waals surface area (Å²) in [6.07, 6.45) is 2.01. The van der Waals surface area contributed by atoms with Gasteiger partial charge in [-0.2, -0.15) is 15.0 Å². The van der Waals surface area contributed by atoms with Crippen molar-refractivity contribution in [2.24, 2.45) is 0 Å². The monoisotopic (exact) mass is 267 g/mol. The van der Waals surface area contributed by atoms with Gasteiger partial charge in [-0.3, -0.25) is 0 Å². The lowest BCUT2D eigenvalue weighted by Gasteiger charge is -2.06. The minimum Gasteiger partial charge on any atom is -0.368 e. The number of nitrogen functional groups attached to an aromatic ring is 1. The number of nitrogens with one attached hydrogen (secondary N) is 1. The molecule has 3 N–H and O–H groups in total. The van der Waals surface area contributed by atoms with Crippen molar-refractivity contribution in [3.05, 3.63) is 29.5 Å². The maximum Gasteiger partial charge on any atom is 0.233 e. The smallest absolute Gasteiger partial charge is 0.233 e. The molecule has 2 rings (SSSR count). The van der Waals surface area contributed by atoms with Crippen LogP contribution >= 0.6 is 23.4 Å². The lowest BCUT2D eigenvalue weighted by molar-refractivity contribution is 1.07. The van der Waals surface area contributed by atoms with Crippen LogP contribution in [0.4, 0.5) is 17.6 Å². The third-order valence-electron chi connectivity index (χ3n) is 1.95. The molecule has 0 bridgehead atoms. The van der Waals surface area contributed by atoms with E-state index in [1.165, 1.54) is 0 Å². The summed E-state index contributed by atoms with van der Waals surface area (Å²) in [5.41, 5.74) is 6.35. The molecule has 0 fully saturated rings. The molecule has 17 heavy (non-hydrogen) atoms.